The molecular weight excluding hydrogens is 278 g/mol. The number of ether oxygens (including phenoxy) is 2. The Morgan fingerprint density at radius 1 is 1.41 bits per heavy atom. The van der Waals surface area contributed by atoms with E-state index in [4.69, 9.17) is 9.47 Å². The molecule has 0 aromatic carbocycles. The highest BCUT2D eigenvalue weighted by Crippen LogP contribution is 2.62. The van der Waals surface area contributed by atoms with E-state index in [-0.39, 0.29) is 23.6 Å². The smallest absolute Gasteiger partial charge is 0.310 e. The Balaban J connectivity index is 1.59. The highest BCUT2D eigenvalue weighted by Gasteiger charge is 2.69. The Morgan fingerprint density at radius 3 is 3.00 bits per heavy atom. The first kappa shape index (κ1) is 14.7. The van der Waals surface area contributed by atoms with Crippen LogP contribution in [0.4, 0.5) is 0 Å². The van der Waals surface area contributed by atoms with E-state index < -0.39 is 0 Å². The third-order valence-electron chi connectivity index (χ3n) is 6.39. The van der Waals surface area contributed by atoms with E-state index in [2.05, 4.69) is 26.1 Å². The molecule has 0 aromatic heterocycles. The largest absolute Gasteiger partial charge is 0.461 e. The van der Waals surface area contributed by atoms with Gasteiger partial charge in [-0.25, -0.2) is 0 Å². The Morgan fingerprint density at radius 2 is 2.23 bits per heavy atom. The summed E-state index contributed by atoms with van der Waals surface area (Å²) in [6.07, 6.45) is 4.71. The van der Waals surface area contributed by atoms with Gasteiger partial charge in [0.05, 0.1) is 12.0 Å². The molecule has 4 rings (SSSR count). The van der Waals surface area contributed by atoms with Crippen LogP contribution >= 0.6 is 0 Å². The molecule has 6 atom stereocenters. The Bertz CT molecular complexity index is 528. The molecule has 4 nitrogen and oxygen atoms in total. The number of fused-ring (bicyclic) bond motifs is 5. The van der Waals surface area contributed by atoms with Gasteiger partial charge in [0.2, 0.25) is 0 Å². The van der Waals surface area contributed by atoms with Crippen LogP contribution in [0.2, 0.25) is 0 Å². The minimum Gasteiger partial charge on any atom is -0.461 e. The second-order valence-electron chi connectivity index (χ2n) is 7.69. The lowest BCUT2D eigenvalue weighted by atomic mass is 9.78. The second kappa shape index (κ2) is 5.07. The van der Waals surface area contributed by atoms with Gasteiger partial charge in [0, 0.05) is 18.4 Å². The molecule has 122 valence electrons. The molecule has 0 radical (unpaired) electrons. The molecule has 3 fully saturated rings. The van der Waals surface area contributed by atoms with Crippen LogP contribution in [0.3, 0.4) is 0 Å². The van der Waals surface area contributed by atoms with Gasteiger partial charge >= 0.3 is 5.97 Å². The summed E-state index contributed by atoms with van der Waals surface area (Å²) in [4.78, 5) is 12.4. The molecule has 22 heavy (non-hydrogen) atoms. The van der Waals surface area contributed by atoms with Gasteiger partial charge in [-0.15, -0.1) is 0 Å². The molecule has 2 aliphatic carbocycles. The van der Waals surface area contributed by atoms with E-state index in [9.17, 15) is 4.79 Å². The summed E-state index contributed by atoms with van der Waals surface area (Å²) in [7, 11) is 0. The van der Waals surface area contributed by atoms with E-state index in [1.807, 2.05) is 0 Å². The Labute approximate surface area is 132 Å². The van der Waals surface area contributed by atoms with Crippen molar-refractivity contribution in [2.75, 3.05) is 13.1 Å². The summed E-state index contributed by atoms with van der Waals surface area (Å²) >= 11 is 0. The fourth-order valence-corrected chi connectivity index (χ4v) is 5.03. The number of epoxide rings is 1. The predicted octanol–water partition coefficient (Wildman–Crippen LogP) is 2.43. The first-order valence-corrected chi connectivity index (χ1v) is 8.83. The van der Waals surface area contributed by atoms with Crippen LogP contribution < -0.4 is 5.32 Å². The predicted molar refractivity (Wildman–Crippen MR) is 83.3 cm³/mol. The summed E-state index contributed by atoms with van der Waals surface area (Å²) in [5.74, 6) is 0.662. The molecule has 2 saturated heterocycles. The average molecular weight is 305 g/mol. The van der Waals surface area contributed by atoms with Gasteiger partial charge in [-0.3, -0.25) is 4.79 Å². The minimum absolute atomic E-state index is 0.00482. The molecule has 1 N–H and O–H groups in total. The number of hydrogen-bond donors (Lipinski definition) is 1. The maximum atomic E-state index is 12.4. The zero-order chi connectivity index (χ0) is 15.5. The SMILES string of the molecule is CCCNC[C@@H]1C(=O)O[C@H]2[C@H]1CCC(C)=C1C[C@H]3O[C@@]3(C)[C@@H]12. The molecule has 2 heterocycles. The van der Waals surface area contributed by atoms with Crippen molar-refractivity contribution in [1.82, 2.24) is 5.32 Å². The molecule has 0 spiro atoms. The van der Waals surface area contributed by atoms with E-state index in [1.54, 1.807) is 0 Å². The molecule has 4 aliphatic rings. The van der Waals surface area contributed by atoms with Crippen molar-refractivity contribution in [3.63, 3.8) is 0 Å². The molecule has 4 heteroatoms. The zero-order valence-corrected chi connectivity index (χ0v) is 13.9. The van der Waals surface area contributed by atoms with Crippen molar-refractivity contribution < 1.29 is 14.3 Å². The third kappa shape index (κ3) is 2.00. The molecule has 2 aliphatic heterocycles. The number of carbonyl (C=O) groups is 1. The maximum Gasteiger partial charge on any atom is 0.310 e. The summed E-state index contributed by atoms with van der Waals surface area (Å²) in [6.45, 7) is 8.36. The lowest BCUT2D eigenvalue weighted by Gasteiger charge is -2.28. The first-order valence-electron chi connectivity index (χ1n) is 8.83. The summed E-state index contributed by atoms with van der Waals surface area (Å²) in [6, 6.07) is 0. The van der Waals surface area contributed by atoms with Crippen LogP contribution in [0, 0.1) is 17.8 Å². The van der Waals surface area contributed by atoms with Crippen LogP contribution in [-0.4, -0.2) is 36.9 Å². The van der Waals surface area contributed by atoms with Crippen molar-refractivity contribution in [1.29, 1.82) is 0 Å². The summed E-state index contributed by atoms with van der Waals surface area (Å²) < 4.78 is 11.9. The minimum atomic E-state index is -0.0735. The summed E-state index contributed by atoms with van der Waals surface area (Å²) in [5, 5.41) is 3.42. The van der Waals surface area contributed by atoms with Gasteiger partial charge in [-0.2, -0.15) is 0 Å². The lowest BCUT2D eigenvalue weighted by Crippen LogP contribution is -2.37. The van der Waals surface area contributed by atoms with E-state index in [1.165, 1.54) is 11.1 Å². The fourth-order valence-electron chi connectivity index (χ4n) is 5.03. The molecule has 0 amide bonds. The van der Waals surface area contributed by atoms with Gasteiger partial charge in [-0.05, 0) is 46.1 Å². The number of hydrogen-bond acceptors (Lipinski definition) is 4. The normalized spacial score (nSPS) is 46.0. The second-order valence-corrected chi connectivity index (χ2v) is 7.69. The Hall–Kier alpha value is -0.870. The molecular formula is C18H27NO3. The quantitative estimate of drug-likeness (QED) is 0.375. The van der Waals surface area contributed by atoms with Gasteiger partial charge in [0.25, 0.3) is 0 Å². The van der Waals surface area contributed by atoms with Gasteiger partial charge in [0.1, 0.15) is 11.7 Å². The number of allylic oxidation sites excluding steroid dienone is 1. The van der Waals surface area contributed by atoms with Gasteiger partial charge < -0.3 is 14.8 Å². The highest BCUT2D eigenvalue weighted by molar-refractivity contribution is 5.76. The molecule has 0 unspecified atom stereocenters. The van der Waals surface area contributed by atoms with Crippen LogP contribution in [-0.2, 0) is 14.3 Å². The van der Waals surface area contributed by atoms with Crippen molar-refractivity contribution in [3.8, 4) is 0 Å². The van der Waals surface area contributed by atoms with Gasteiger partial charge in [0.15, 0.2) is 0 Å². The van der Waals surface area contributed by atoms with Crippen molar-refractivity contribution in [2.45, 2.75) is 64.3 Å². The first-order chi connectivity index (χ1) is 10.6. The topological polar surface area (TPSA) is 50.9 Å². The van der Waals surface area contributed by atoms with Gasteiger partial charge in [-0.1, -0.05) is 18.1 Å². The summed E-state index contributed by atoms with van der Waals surface area (Å²) in [5.41, 5.74) is 2.98. The van der Waals surface area contributed by atoms with Crippen molar-refractivity contribution >= 4 is 5.97 Å². The fraction of sp³-hybridized carbons (Fsp3) is 0.833. The highest BCUT2D eigenvalue weighted by atomic mass is 16.6. The monoisotopic (exact) mass is 305 g/mol. The molecule has 0 aromatic rings. The van der Waals surface area contributed by atoms with E-state index >= 15 is 0 Å². The zero-order valence-electron chi connectivity index (χ0n) is 13.9. The third-order valence-corrected chi connectivity index (χ3v) is 6.39. The van der Waals surface area contributed by atoms with E-state index in [0.717, 1.165) is 38.8 Å². The van der Waals surface area contributed by atoms with Crippen LogP contribution in [0.15, 0.2) is 11.1 Å². The lowest BCUT2D eigenvalue weighted by molar-refractivity contribution is -0.146. The number of esters is 1. The Kier molecular flexibility index (Phi) is 3.39. The van der Waals surface area contributed by atoms with Crippen molar-refractivity contribution in [3.05, 3.63) is 11.1 Å². The standard InChI is InChI=1S/C18H27NO3/c1-4-7-19-9-13-11-6-5-10(2)12-8-14-18(3,22-14)15(12)16(11)21-17(13)20/h11,13-16,19H,4-9H2,1-3H3/t11-,13-,14+,15-,16-,18+/m0/s1. The van der Waals surface area contributed by atoms with E-state index in [0.29, 0.717) is 17.9 Å². The van der Waals surface area contributed by atoms with Crippen LogP contribution in [0.1, 0.15) is 46.5 Å². The maximum absolute atomic E-state index is 12.4. The number of carbonyl (C=O) groups excluding carboxylic acids is 1. The van der Waals surface area contributed by atoms with Crippen molar-refractivity contribution in [2.24, 2.45) is 17.8 Å². The molecule has 1 saturated carbocycles. The average Bonchev–Trinajstić information content (AvgIpc) is 2.95. The molecule has 0 bridgehead atoms. The van der Waals surface area contributed by atoms with Crippen LogP contribution in [0.25, 0.3) is 0 Å². The van der Waals surface area contributed by atoms with Crippen LogP contribution in [0.5, 0.6) is 0 Å². The number of nitrogens with one attached hydrogen (secondary N) is 1. The number of rotatable bonds is 4.